The van der Waals surface area contributed by atoms with E-state index in [2.05, 4.69) is 89.1 Å². The third-order valence-corrected chi connectivity index (χ3v) is 11.4. The zero-order valence-electron chi connectivity index (χ0n) is 69.7. The van der Waals surface area contributed by atoms with Gasteiger partial charge < -0.3 is 0 Å². The maximum Gasteiger partial charge on any atom is 0.139 e. The normalized spacial score (nSPS) is 8.00. The minimum Gasteiger partial charge on any atom is -0.276 e. The highest BCUT2D eigenvalue weighted by Crippen LogP contribution is 2.04. The molecule has 0 aliphatic rings. The summed E-state index contributed by atoms with van der Waals surface area (Å²) in [4.78, 5) is 42.6. The van der Waals surface area contributed by atoms with Gasteiger partial charge in [0.25, 0.3) is 0 Å². The summed E-state index contributed by atoms with van der Waals surface area (Å²) in [6.45, 7) is 65.4. The molecule has 0 spiro atoms. The van der Waals surface area contributed by atoms with E-state index in [0.717, 1.165) is 60.1 Å². The molecule has 570 valence electrons. The number of aryl methyl sites for hydroxylation is 18. The van der Waals surface area contributed by atoms with Crippen molar-refractivity contribution in [1.82, 2.24) is 103 Å². The number of rotatable bonds is 0. The van der Waals surface area contributed by atoms with Crippen LogP contribution < -0.4 is 0 Å². The minimum atomic E-state index is 0.822. The van der Waals surface area contributed by atoms with Gasteiger partial charge in [0, 0.05) is 119 Å². The van der Waals surface area contributed by atoms with Crippen molar-refractivity contribution in [3.63, 3.8) is 0 Å². The molecule has 12 aromatic heterocycles. The van der Waals surface area contributed by atoms with Gasteiger partial charge in [-0.05, 0) is 204 Å². The lowest BCUT2D eigenvalue weighted by atomic mass is 10.3. The van der Waals surface area contributed by atoms with Gasteiger partial charge in [0.15, 0.2) is 0 Å². The van der Waals surface area contributed by atoms with Crippen molar-refractivity contribution in [2.24, 2.45) is 21.1 Å². The highest BCUT2D eigenvalue weighted by molar-refractivity contribution is 7.11. The zero-order chi connectivity index (χ0) is 80.3. The first-order valence-corrected chi connectivity index (χ1v) is 37.4. The van der Waals surface area contributed by atoms with E-state index in [4.69, 9.17) is 0 Å². The Kier molecular flexibility index (Phi) is 96.3. The minimum absolute atomic E-state index is 0.822. The SMILES string of the molecule is CC.CC.CC.CC.CC.CC.CC.CC.CC.Cc1ccccn1.Cc1cccnc1.Cc1ccn(C)n1.Cc1ccncc1.Cc1ccncn1.Cc1ccnn1C.Cc1cncnc1.Cc1cnn(C)c1.Cc1ncccn1.Cc1nnc(C)s1.Cc1nsc(C)n1.Cc1nsc(C)n1. The maximum atomic E-state index is 4.03. The summed E-state index contributed by atoms with van der Waals surface area (Å²) < 4.78 is 13.3. The number of aromatic nitrogens is 21. The molecule has 0 fully saturated rings. The Morgan fingerprint density at radius 2 is 0.794 bits per heavy atom. The molecule has 0 aromatic carbocycles. The smallest absolute Gasteiger partial charge is 0.139 e. The molecule has 0 saturated heterocycles. The molecule has 0 amide bonds. The van der Waals surface area contributed by atoms with Gasteiger partial charge >= 0.3 is 0 Å². The monoisotopic (exact) mass is 1460 g/mol. The van der Waals surface area contributed by atoms with Crippen LogP contribution in [0.15, 0.2) is 166 Å². The van der Waals surface area contributed by atoms with Crippen LogP contribution in [0.3, 0.4) is 0 Å². The topological polar surface area (TPSA) is 247 Å². The van der Waals surface area contributed by atoms with Gasteiger partial charge in [0.1, 0.15) is 50.2 Å². The Bertz CT molecular complexity index is 2780. The average Bonchev–Trinajstić information content (AvgIpc) is 1.97. The van der Waals surface area contributed by atoms with Crippen molar-refractivity contribution in [1.29, 1.82) is 0 Å². The molecule has 0 saturated carbocycles. The van der Waals surface area contributed by atoms with E-state index in [1.165, 1.54) is 58.1 Å². The van der Waals surface area contributed by atoms with Crippen LogP contribution in [0.2, 0.25) is 0 Å². The molecule has 0 N–H and O–H groups in total. The summed E-state index contributed by atoms with van der Waals surface area (Å²) in [6, 6.07) is 21.4. The van der Waals surface area contributed by atoms with Crippen molar-refractivity contribution >= 4 is 34.4 Å². The van der Waals surface area contributed by atoms with Crippen LogP contribution in [0.1, 0.15) is 207 Å². The molecule has 24 heteroatoms. The van der Waals surface area contributed by atoms with Crippen LogP contribution in [-0.2, 0) is 21.1 Å². The van der Waals surface area contributed by atoms with Gasteiger partial charge in [0.05, 0.1) is 11.9 Å². The lowest BCUT2D eigenvalue weighted by Crippen LogP contribution is -1.90. The van der Waals surface area contributed by atoms with Crippen LogP contribution in [0, 0.1) is 104 Å². The summed E-state index contributed by atoms with van der Waals surface area (Å²) in [5.41, 5.74) is 9.13. The number of pyridine rings is 3. The van der Waals surface area contributed by atoms with E-state index >= 15 is 0 Å². The fourth-order valence-corrected chi connectivity index (χ4v) is 6.69. The van der Waals surface area contributed by atoms with Crippen molar-refractivity contribution in [2.45, 2.75) is 228 Å². The molecule has 102 heavy (non-hydrogen) atoms. The molecule has 21 nitrogen and oxygen atoms in total. The van der Waals surface area contributed by atoms with Crippen LogP contribution in [0.25, 0.3) is 0 Å². The third kappa shape index (κ3) is 83.4. The van der Waals surface area contributed by atoms with Gasteiger partial charge in [-0.25, -0.2) is 39.9 Å². The van der Waals surface area contributed by atoms with Gasteiger partial charge in [0.2, 0.25) is 0 Å². The number of hydrogen-bond donors (Lipinski definition) is 0. The van der Waals surface area contributed by atoms with E-state index in [1.807, 2.05) is 340 Å². The molecule has 12 aromatic rings. The first-order chi connectivity index (χ1) is 49.1. The third-order valence-electron chi connectivity index (χ3n) is 9.22. The number of nitrogens with zero attached hydrogens (tertiary/aromatic N) is 21. The predicted octanol–water partition coefficient (Wildman–Crippen LogP) is 21.4. The van der Waals surface area contributed by atoms with Crippen LogP contribution in [0.5, 0.6) is 0 Å². The molecule has 0 aliphatic carbocycles. The molecule has 12 heterocycles. The van der Waals surface area contributed by atoms with Crippen LogP contribution in [0.4, 0.5) is 0 Å². The molecule has 0 atom stereocenters. The second-order valence-corrected chi connectivity index (χ2v) is 20.9. The summed E-state index contributed by atoms with van der Waals surface area (Å²) in [5, 5.41) is 23.6. The Hall–Kier alpha value is -9.00. The summed E-state index contributed by atoms with van der Waals surface area (Å²) >= 11 is 4.51. The summed E-state index contributed by atoms with van der Waals surface area (Å²) in [6.07, 6.45) is 28.3. The zero-order valence-corrected chi connectivity index (χ0v) is 72.2. The van der Waals surface area contributed by atoms with E-state index in [1.54, 1.807) is 88.7 Å². The Labute approximate surface area is 632 Å². The fraction of sp³-hybridized carbons (Fsp3) is 0.462. The van der Waals surface area contributed by atoms with Crippen molar-refractivity contribution in [2.75, 3.05) is 0 Å². The fourth-order valence-electron chi connectivity index (χ4n) is 5.14. The standard InChI is InChI=1S/3C6H7N.C5H8N2.C5H6N2.2C5H8N2.2C5H6N2.3C4H6N2S.9C2H6/c1-6-2-4-7-5-3-6;1-6-3-2-4-7-5-6;1-6-4-2-3-5-7-6;1-5-3-6-7(2)4-5;1-5-2-6-4-7-3-5;1-5-3-4-7(2)6-5;1-5-3-4-6-7(5)2;1-5-2-3-6-4-7-5;1-5-6-3-2-4-7-5;1-3-5-6-4(2)7-3;2*1-3-5-4(2)7-6-3;9*1-2/h3*2-5H,1H3;3-4H,1-2H3;2-4H,1H3;2*3-4H,1-2H3;2*2-4H,1H3;3*1-2H3;9*1-2H3. The first kappa shape index (κ1) is 112. The number of hydrogen-bond acceptors (Lipinski definition) is 21. The summed E-state index contributed by atoms with van der Waals surface area (Å²) in [7, 11) is 5.75. The lowest BCUT2D eigenvalue weighted by molar-refractivity contribution is 0.740. The van der Waals surface area contributed by atoms with Gasteiger partial charge in [-0.15, -0.1) is 21.5 Å². The Balaban J connectivity index is -0.000000129. The first-order valence-electron chi connectivity index (χ1n) is 35.1. The molecular weight excluding hydrogens is 1330 g/mol. The van der Waals surface area contributed by atoms with E-state index in [9.17, 15) is 0 Å². The van der Waals surface area contributed by atoms with Crippen LogP contribution in [-0.4, -0.2) is 103 Å². The van der Waals surface area contributed by atoms with E-state index in [0.29, 0.717) is 0 Å². The van der Waals surface area contributed by atoms with Gasteiger partial charge in [-0.3, -0.25) is 29.0 Å². The Morgan fingerprint density at radius 3 is 0.961 bits per heavy atom. The highest BCUT2D eigenvalue weighted by atomic mass is 32.1. The average molecular weight is 1460 g/mol. The molecule has 0 unspecified atom stereocenters. The van der Waals surface area contributed by atoms with Gasteiger partial charge in [-0.2, -0.15) is 24.0 Å². The largest absolute Gasteiger partial charge is 0.276 e. The summed E-state index contributed by atoms with van der Waals surface area (Å²) in [5.74, 6) is 2.58. The quantitative estimate of drug-likeness (QED) is 0.137. The molecule has 0 bridgehead atoms. The second kappa shape index (κ2) is 88.1. The molecule has 0 radical (unpaired) electrons. The predicted molar refractivity (Wildman–Crippen MR) is 441 cm³/mol. The molecular formula is C78H135N21S3. The van der Waals surface area contributed by atoms with E-state index in [-0.39, 0.29) is 0 Å². The van der Waals surface area contributed by atoms with Crippen molar-refractivity contribution in [3.8, 4) is 0 Å². The van der Waals surface area contributed by atoms with Crippen LogP contribution >= 0.6 is 34.4 Å². The molecule has 0 aliphatic heterocycles. The van der Waals surface area contributed by atoms with Crippen molar-refractivity contribution < 1.29 is 0 Å². The Morgan fingerprint density at radius 1 is 0.314 bits per heavy atom. The van der Waals surface area contributed by atoms with E-state index < -0.39 is 0 Å². The van der Waals surface area contributed by atoms with Crippen molar-refractivity contribution in [3.05, 3.63) is 249 Å². The second-order valence-electron chi connectivity index (χ2n) is 17.6. The maximum absolute atomic E-state index is 4.03. The lowest BCUT2D eigenvalue weighted by Gasteiger charge is -1.87. The molecule has 12 rings (SSSR count). The highest BCUT2D eigenvalue weighted by Gasteiger charge is 1.91. The van der Waals surface area contributed by atoms with Gasteiger partial charge in [-0.1, -0.05) is 137 Å².